The molecular formula is C21H35BN2O6. The van der Waals surface area contributed by atoms with E-state index in [1.807, 2.05) is 30.3 Å². The molecule has 2 rings (SSSR count). The van der Waals surface area contributed by atoms with Gasteiger partial charge in [0.05, 0.1) is 6.23 Å². The topological polar surface area (TPSA) is 122 Å². The Balaban J connectivity index is 0.000000424. The number of benzene rings is 1. The maximum Gasteiger partial charge on any atom is 0.436 e. The van der Waals surface area contributed by atoms with E-state index in [-0.39, 0.29) is 19.8 Å². The van der Waals surface area contributed by atoms with Gasteiger partial charge in [-0.05, 0) is 45.1 Å². The lowest BCUT2D eigenvalue weighted by Crippen LogP contribution is -2.45. The molecule has 3 atom stereocenters. The van der Waals surface area contributed by atoms with Crippen molar-refractivity contribution < 1.29 is 29.1 Å². The quantitative estimate of drug-likeness (QED) is 0.475. The monoisotopic (exact) mass is 422 g/mol. The highest BCUT2D eigenvalue weighted by Gasteiger charge is 2.44. The third-order valence-corrected chi connectivity index (χ3v) is 4.50. The van der Waals surface area contributed by atoms with E-state index >= 15 is 0 Å². The fraction of sp³-hybridized carbons (Fsp3) is 0.619. The molecule has 0 saturated carbocycles. The summed E-state index contributed by atoms with van der Waals surface area (Å²) in [4.78, 5) is 25.1. The summed E-state index contributed by atoms with van der Waals surface area (Å²) >= 11 is 0. The first kappa shape index (κ1) is 25.9. The molecule has 168 valence electrons. The maximum absolute atomic E-state index is 12.2. The standard InChI is InChI=1S/C16H21NO4.C5H14BNO2/c1-16(2,3)21-15(20)17-10-9-12(13(17)14(18)19)11-7-5-4-6-8-11;1-4(2)3-5(7)9-6-8/h4-8,12-13H,9-10H2,1-3H3,(H,18,19);4-6,8H,3,7H2,1-2H3/t12-,13-;5-/m01/s1. The molecule has 1 aromatic carbocycles. The predicted molar refractivity (Wildman–Crippen MR) is 116 cm³/mol. The van der Waals surface area contributed by atoms with Gasteiger partial charge in [0.1, 0.15) is 11.6 Å². The van der Waals surface area contributed by atoms with Gasteiger partial charge in [-0.3, -0.25) is 4.90 Å². The number of carboxylic acid groups (broad SMARTS) is 1. The van der Waals surface area contributed by atoms with Crippen LogP contribution < -0.4 is 5.73 Å². The summed E-state index contributed by atoms with van der Waals surface area (Å²) < 4.78 is 10.00. The Morgan fingerprint density at radius 1 is 1.27 bits per heavy atom. The van der Waals surface area contributed by atoms with Crippen molar-refractivity contribution in [2.75, 3.05) is 6.54 Å². The van der Waals surface area contributed by atoms with Crippen LogP contribution in [0, 0.1) is 5.92 Å². The molecule has 0 unspecified atom stereocenters. The van der Waals surface area contributed by atoms with Crippen LogP contribution in [-0.4, -0.2) is 59.2 Å². The number of amides is 1. The van der Waals surface area contributed by atoms with E-state index in [1.54, 1.807) is 20.8 Å². The van der Waals surface area contributed by atoms with E-state index < -0.39 is 23.7 Å². The molecule has 0 bridgehead atoms. The van der Waals surface area contributed by atoms with Crippen LogP contribution in [0.5, 0.6) is 0 Å². The Morgan fingerprint density at radius 3 is 2.33 bits per heavy atom. The minimum Gasteiger partial charge on any atom is -0.480 e. The van der Waals surface area contributed by atoms with Crippen LogP contribution in [0.2, 0.25) is 0 Å². The Bertz CT molecular complexity index is 665. The van der Waals surface area contributed by atoms with Crippen molar-refractivity contribution in [3.63, 3.8) is 0 Å². The first-order valence-corrected chi connectivity index (χ1v) is 10.2. The van der Waals surface area contributed by atoms with Gasteiger partial charge in [-0.15, -0.1) is 0 Å². The third kappa shape index (κ3) is 8.73. The molecule has 1 heterocycles. The highest BCUT2D eigenvalue weighted by Crippen LogP contribution is 2.34. The van der Waals surface area contributed by atoms with Crippen molar-refractivity contribution in [3.05, 3.63) is 35.9 Å². The van der Waals surface area contributed by atoms with E-state index in [9.17, 15) is 14.7 Å². The number of carbonyl (C=O) groups excluding carboxylic acids is 1. The summed E-state index contributed by atoms with van der Waals surface area (Å²) in [5.41, 5.74) is 5.71. The van der Waals surface area contributed by atoms with Crippen molar-refractivity contribution in [1.82, 2.24) is 4.90 Å². The van der Waals surface area contributed by atoms with E-state index in [2.05, 4.69) is 18.5 Å². The molecule has 4 N–H and O–H groups in total. The summed E-state index contributed by atoms with van der Waals surface area (Å²) in [6.45, 7) is 9.81. The SMILES string of the molecule is CC(C)(C)OC(=O)N1CC[C@@H](c2ccccc2)[C@H]1C(=O)O.CC(C)C[C@H](N)OBO. The number of nitrogens with zero attached hydrogens (tertiary/aromatic N) is 1. The zero-order valence-electron chi connectivity index (χ0n) is 18.6. The van der Waals surface area contributed by atoms with E-state index in [0.717, 1.165) is 12.0 Å². The highest BCUT2D eigenvalue weighted by molar-refractivity contribution is 6.15. The van der Waals surface area contributed by atoms with Gasteiger partial charge in [-0.25, -0.2) is 9.59 Å². The van der Waals surface area contributed by atoms with Crippen LogP contribution in [0.4, 0.5) is 4.79 Å². The highest BCUT2D eigenvalue weighted by atomic mass is 16.6. The summed E-state index contributed by atoms with van der Waals surface area (Å²) in [5.74, 6) is -0.671. The smallest absolute Gasteiger partial charge is 0.436 e. The van der Waals surface area contributed by atoms with Crippen molar-refractivity contribution >= 4 is 19.7 Å². The number of nitrogens with two attached hydrogens (primary N) is 1. The molecule has 0 aromatic heterocycles. The number of hydrogen-bond donors (Lipinski definition) is 3. The third-order valence-electron chi connectivity index (χ3n) is 4.50. The molecule has 30 heavy (non-hydrogen) atoms. The molecule has 1 aliphatic rings. The second-order valence-corrected chi connectivity index (χ2v) is 8.73. The normalized spacial score (nSPS) is 19.7. The average Bonchev–Trinajstić information content (AvgIpc) is 3.07. The number of carboxylic acids is 1. The van der Waals surface area contributed by atoms with E-state index in [4.69, 9.17) is 15.5 Å². The van der Waals surface area contributed by atoms with E-state index in [1.165, 1.54) is 4.90 Å². The molecule has 1 amide bonds. The largest absolute Gasteiger partial charge is 0.480 e. The Kier molecular flexibility index (Phi) is 10.3. The van der Waals surface area contributed by atoms with Gasteiger partial charge in [0, 0.05) is 12.5 Å². The van der Waals surface area contributed by atoms with Crippen molar-refractivity contribution in [2.45, 2.75) is 71.2 Å². The minimum absolute atomic E-state index is 0.198. The Morgan fingerprint density at radius 2 is 1.87 bits per heavy atom. The molecule has 0 aliphatic carbocycles. The Hall–Kier alpha value is -2.10. The van der Waals surface area contributed by atoms with Crippen LogP contribution >= 0.6 is 0 Å². The number of ether oxygens (including phenoxy) is 1. The first-order valence-electron chi connectivity index (χ1n) is 10.2. The van der Waals surface area contributed by atoms with Crippen molar-refractivity contribution in [2.24, 2.45) is 11.7 Å². The number of hydrogen-bond acceptors (Lipinski definition) is 6. The number of rotatable bonds is 6. The van der Waals surface area contributed by atoms with Crippen LogP contribution in [0.25, 0.3) is 0 Å². The zero-order valence-corrected chi connectivity index (χ0v) is 18.6. The minimum atomic E-state index is -0.993. The van der Waals surface area contributed by atoms with Crippen molar-refractivity contribution in [1.29, 1.82) is 0 Å². The molecule has 8 nitrogen and oxygen atoms in total. The van der Waals surface area contributed by atoms with Crippen LogP contribution in [0.3, 0.4) is 0 Å². The lowest BCUT2D eigenvalue weighted by Gasteiger charge is -2.28. The number of likely N-dealkylation sites (tertiary alicyclic amines) is 1. The lowest BCUT2D eigenvalue weighted by molar-refractivity contribution is -0.142. The zero-order chi connectivity index (χ0) is 22.9. The number of aliphatic carboxylic acids is 1. The molecule has 1 fully saturated rings. The Labute approximate surface area is 179 Å². The average molecular weight is 422 g/mol. The lowest BCUT2D eigenvalue weighted by atomic mass is 9.92. The first-order chi connectivity index (χ1) is 14.0. The summed E-state index contributed by atoms with van der Waals surface area (Å²) in [7, 11) is -0.284. The second-order valence-electron chi connectivity index (χ2n) is 8.73. The summed E-state index contributed by atoms with van der Waals surface area (Å²) in [6.07, 6.45) is 0.546. The molecule has 0 spiro atoms. The van der Waals surface area contributed by atoms with Gasteiger partial charge < -0.3 is 25.3 Å². The molecule has 1 saturated heterocycles. The molecule has 9 heteroatoms. The maximum atomic E-state index is 12.2. The molecule has 1 aromatic rings. The molecule has 1 aliphatic heterocycles. The fourth-order valence-corrected chi connectivity index (χ4v) is 3.30. The summed E-state index contributed by atoms with van der Waals surface area (Å²) in [5, 5.41) is 17.8. The van der Waals surface area contributed by atoms with Crippen LogP contribution in [0.1, 0.15) is 58.9 Å². The van der Waals surface area contributed by atoms with Gasteiger partial charge in [0.2, 0.25) is 0 Å². The van der Waals surface area contributed by atoms with E-state index in [0.29, 0.717) is 18.9 Å². The van der Waals surface area contributed by atoms with Crippen LogP contribution in [0.15, 0.2) is 30.3 Å². The predicted octanol–water partition coefficient (Wildman–Crippen LogP) is 2.46. The number of carbonyl (C=O) groups is 2. The second kappa shape index (κ2) is 11.9. The van der Waals surface area contributed by atoms with Gasteiger partial charge in [0.25, 0.3) is 0 Å². The van der Waals surface area contributed by atoms with Crippen molar-refractivity contribution in [3.8, 4) is 0 Å². The molecule has 0 radical (unpaired) electrons. The molecular weight excluding hydrogens is 387 g/mol. The van der Waals surface area contributed by atoms with Gasteiger partial charge in [0.15, 0.2) is 0 Å². The van der Waals surface area contributed by atoms with Crippen LogP contribution in [-0.2, 0) is 14.2 Å². The van der Waals surface area contributed by atoms with Gasteiger partial charge in [-0.2, -0.15) is 0 Å². The van der Waals surface area contributed by atoms with Gasteiger partial charge in [-0.1, -0.05) is 44.2 Å². The van der Waals surface area contributed by atoms with Gasteiger partial charge >= 0.3 is 19.7 Å². The summed E-state index contributed by atoms with van der Waals surface area (Å²) in [6, 6.07) is 8.58. The fourth-order valence-electron chi connectivity index (χ4n) is 3.30.